The number of carbonyl (C=O) groups excluding carboxylic acids is 1. The van der Waals surface area contributed by atoms with Gasteiger partial charge in [-0.3, -0.25) is 9.59 Å². The summed E-state index contributed by atoms with van der Waals surface area (Å²) in [7, 11) is 1.61. The van der Waals surface area contributed by atoms with Crippen LogP contribution in [0.5, 0.6) is 5.75 Å². The molecule has 1 fully saturated rings. The number of amides is 1. The highest BCUT2D eigenvalue weighted by molar-refractivity contribution is 8.01. The number of aliphatic carboxylic acids is 1. The molecule has 1 amide bonds. The summed E-state index contributed by atoms with van der Waals surface area (Å²) >= 11 is 2.71. The van der Waals surface area contributed by atoms with E-state index >= 15 is 0 Å². The van der Waals surface area contributed by atoms with Gasteiger partial charge >= 0.3 is 5.97 Å². The number of carboxylic acids is 1. The molecule has 0 spiro atoms. The Labute approximate surface area is 247 Å². The third-order valence-corrected chi connectivity index (χ3v) is 9.03. The second kappa shape index (κ2) is 12.3. The highest BCUT2D eigenvalue weighted by Crippen LogP contribution is 2.38. The summed E-state index contributed by atoms with van der Waals surface area (Å²) in [5, 5.41) is 13.2. The fourth-order valence-corrected chi connectivity index (χ4v) is 6.33. The molecule has 0 aliphatic carbocycles. The number of ether oxygens (including phenoxy) is 2. The lowest BCUT2D eigenvalue weighted by molar-refractivity contribution is -0.138. The van der Waals surface area contributed by atoms with E-state index in [1.54, 1.807) is 21.0 Å². The zero-order valence-electron chi connectivity index (χ0n) is 23.0. The van der Waals surface area contributed by atoms with E-state index in [1.807, 2.05) is 72.8 Å². The van der Waals surface area contributed by atoms with Gasteiger partial charge in [0, 0.05) is 34.9 Å². The van der Waals surface area contributed by atoms with E-state index in [4.69, 9.17) is 14.5 Å². The van der Waals surface area contributed by atoms with E-state index in [0.717, 1.165) is 45.4 Å². The number of nitrogens with one attached hydrogen (secondary N) is 1. The zero-order valence-corrected chi connectivity index (χ0v) is 24.7. The summed E-state index contributed by atoms with van der Waals surface area (Å²) in [6.07, 6.45) is 0. The molecule has 0 radical (unpaired) electrons. The third kappa shape index (κ3) is 6.73. The Hall–Kier alpha value is -3.86. The first-order valence-electron chi connectivity index (χ1n) is 13.2. The van der Waals surface area contributed by atoms with E-state index in [1.165, 1.54) is 23.1 Å². The van der Waals surface area contributed by atoms with Crippen LogP contribution in [-0.4, -0.2) is 60.1 Å². The molecule has 212 valence electrons. The van der Waals surface area contributed by atoms with Gasteiger partial charge in [-0.05, 0) is 80.1 Å². The van der Waals surface area contributed by atoms with Crippen molar-refractivity contribution in [1.29, 1.82) is 0 Å². The average molecular weight is 590 g/mol. The van der Waals surface area contributed by atoms with Gasteiger partial charge in [0.15, 0.2) is 0 Å². The highest BCUT2D eigenvalue weighted by Gasteiger charge is 2.28. The van der Waals surface area contributed by atoms with Crippen LogP contribution in [0.1, 0.15) is 24.3 Å². The minimum absolute atomic E-state index is 0.298. The molecule has 1 aliphatic heterocycles. The molecule has 41 heavy (non-hydrogen) atoms. The summed E-state index contributed by atoms with van der Waals surface area (Å²) in [6, 6.07) is 22.9. The van der Waals surface area contributed by atoms with Crippen LogP contribution in [-0.2, 0) is 9.53 Å². The van der Waals surface area contributed by atoms with Crippen molar-refractivity contribution in [3.8, 4) is 26.8 Å². The van der Waals surface area contributed by atoms with Crippen LogP contribution in [0.25, 0.3) is 21.0 Å². The maximum absolute atomic E-state index is 13.6. The van der Waals surface area contributed by atoms with Gasteiger partial charge in [-0.15, -0.1) is 23.1 Å². The van der Waals surface area contributed by atoms with E-state index in [0.29, 0.717) is 29.6 Å². The fraction of sp³-hybridized carbons (Fsp3) is 0.258. The number of methoxy groups -OCH3 is 1. The van der Waals surface area contributed by atoms with Crippen molar-refractivity contribution in [2.45, 2.75) is 23.5 Å². The number of morpholine rings is 1. The molecule has 0 atom stereocenters. The molecule has 8 nitrogen and oxygen atoms in total. The lowest BCUT2D eigenvalue weighted by Crippen LogP contribution is -2.36. The molecule has 2 N–H and O–H groups in total. The topological polar surface area (TPSA) is 101 Å². The van der Waals surface area contributed by atoms with Gasteiger partial charge < -0.3 is 24.8 Å². The first-order chi connectivity index (χ1) is 19.7. The molecule has 1 aliphatic rings. The third-order valence-electron chi connectivity index (χ3n) is 6.69. The Morgan fingerprint density at radius 3 is 2.22 bits per heavy atom. The second-order valence-electron chi connectivity index (χ2n) is 9.97. The minimum atomic E-state index is -0.949. The number of thiazole rings is 1. The zero-order chi connectivity index (χ0) is 29.0. The predicted octanol–water partition coefficient (Wildman–Crippen LogP) is 6.53. The lowest BCUT2D eigenvalue weighted by Gasteiger charge is -2.28. The number of hydrogen-bond donors (Lipinski definition) is 2. The van der Waals surface area contributed by atoms with Gasteiger partial charge in [0.1, 0.15) is 21.2 Å². The second-order valence-corrected chi connectivity index (χ2v) is 12.7. The number of nitrogens with zero attached hydrogens (tertiary/aromatic N) is 2. The van der Waals surface area contributed by atoms with Crippen molar-refractivity contribution in [3.63, 3.8) is 0 Å². The average Bonchev–Trinajstić information content (AvgIpc) is 3.44. The van der Waals surface area contributed by atoms with Gasteiger partial charge in [-0.25, -0.2) is 4.98 Å². The van der Waals surface area contributed by atoms with Crippen molar-refractivity contribution in [2.75, 3.05) is 43.6 Å². The van der Waals surface area contributed by atoms with E-state index in [2.05, 4.69) is 10.2 Å². The molecule has 3 aromatic carbocycles. The Balaban J connectivity index is 1.41. The van der Waals surface area contributed by atoms with Gasteiger partial charge in [0.05, 0.1) is 25.2 Å². The molecular weight excluding hydrogens is 558 g/mol. The van der Waals surface area contributed by atoms with E-state index in [9.17, 15) is 14.7 Å². The number of carbonyl (C=O) groups is 2. The summed E-state index contributed by atoms with van der Waals surface area (Å²) in [6.45, 7) is 6.46. The predicted molar refractivity (Wildman–Crippen MR) is 165 cm³/mol. The van der Waals surface area contributed by atoms with Crippen LogP contribution >= 0.6 is 23.1 Å². The molecule has 1 aromatic heterocycles. The fourth-order valence-electron chi connectivity index (χ4n) is 4.31. The van der Waals surface area contributed by atoms with Crippen molar-refractivity contribution in [1.82, 2.24) is 4.98 Å². The van der Waals surface area contributed by atoms with E-state index in [-0.39, 0.29) is 5.91 Å². The molecule has 0 saturated carbocycles. The van der Waals surface area contributed by atoms with Crippen LogP contribution in [0, 0.1) is 0 Å². The molecule has 5 rings (SSSR count). The Morgan fingerprint density at radius 1 is 0.976 bits per heavy atom. The first-order valence-corrected chi connectivity index (χ1v) is 14.8. The molecule has 0 bridgehead atoms. The van der Waals surface area contributed by atoms with E-state index < -0.39 is 10.7 Å². The van der Waals surface area contributed by atoms with Gasteiger partial charge in [0.25, 0.3) is 5.91 Å². The number of carboxylic acid groups (broad SMARTS) is 1. The number of hydrogen-bond acceptors (Lipinski definition) is 8. The molecule has 2 heterocycles. The first kappa shape index (κ1) is 28.7. The van der Waals surface area contributed by atoms with Crippen molar-refractivity contribution < 1.29 is 24.2 Å². The molecule has 10 heteroatoms. The van der Waals surface area contributed by atoms with Gasteiger partial charge in [-0.1, -0.05) is 12.1 Å². The molecule has 0 unspecified atom stereocenters. The summed E-state index contributed by atoms with van der Waals surface area (Å²) in [5.74, 6) is -0.447. The summed E-state index contributed by atoms with van der Waals surface area (Å²) in [4.78, 5) is 33.7. The van der Waals surface area contributed by atoms with Crippen molar-refractivity contribution in [3.05, 3.63) is 78.5 Å². The quantitative estimate of drug-likeness (QED) is 0.213. The maximum atomic E-state index is 13.6. The van der Waals surface area contributed by atoms with Crippen LogP contribution in [0.3, 0.4) is 0 Å². The lowest BCUT2D eigenvalue weighted by atomic mass is 10.1. The standard InChI is InChI=1S/C31H31N3O5S2/c1-31(2,30(36)37)41-25-14-6-21(7-15-25)29-33-26(27(40-29)20-4-12-24(38-3)13-5-20)28(35)32-22-8-10-23(11-9-22)34-16-18-39-19-17-34/h4-15H,16-19H2,1-3H3,(H,32,35)(H,36,37). The smallest absolute Gasteiger partial charge is 0.319 e. The number of aromatic nitrogens is 1. The summed E-state index contributed by atoms with van der Waals surface area (Å²) < 4.78 is 9.80. The Kier molecular flexibility index (Phi) is 8.63. The van der Waals surface area contributed by atoms with Crippen molar-refractivity contribution in [2.24, 2.45) is 0 Å². The monoisotopic (exact) mass is 589 g/mol. The SMILES string of the molecule is COc1ccc(-c2sc(-c3ccc(SC(C)(C)C(=O)O)cc3)nc2C(=O)Nc2ccc(N3CCOCC3)cc2)cc1. The number of benzene rings is 3. The normalized spacial score (nSPS) is 13.6. The molecule has 1 saturated heterocycles. The van der Waals surface area contributed by atoms with Crippen LogP contribution in [0.15, 0.2) is 77.7 Å². The maximum Gasteiger partial charge on any atom is 0.319 e. The van der Waals surface area contributed by atoms with Crippen LogP contribution in [0.4, 0.5) is 11.4 Å². The summed E-state index contributed by atoms with van der Waals surface area (Å²) in [5.41, 5.74) is 3.81. The van der Waals surface area contributed by atoms with Gasteiger partial charge in [0.2, 0.25) is 0 Å². The molecule has 4 aromatic rings. The number of thioether (sulfide) groups is 1. The highest BCUT2D eigenvalue weighted by atomic mass is 32.2. The Morgan fingerprint density at radius 2 is 1.61 bits per heavy atom. The van der Waals surface area contributed by atoms with Gasteiger partial charge in [-0.2, -0.15) is 0 Å². The van der Waals surface area contributed by atoms with Crippen molar-refractivity contribution >= 4 is 46.3 Å². The van der Waals surface area contributed by atoms with Crippen LogP contribution < -0.4 is 15.0 Å². The Bertz CT molecular complexity index is 1510. The number of rotatable bonds is 9. The largest absolute Gasteiger partial charge is 0.497 e. The van der Waals surface area contributed by atoms with Crippen LogP contribution in [0.2, 0.25) is 0 Å². The molecular formula is C31H31N3O5S2. The minimum Gasteiger partial charge on any atom is -0.497 e. The number of anilines is 2.